The van der Waals surface area contributed by atoms with Gasteiger partial charge in [-0.05, 0) is 146 Å². The van der Waals surface area contributed by atoms with Crippen molar-refractivity contribution < 1.29 is 50.7 Å². The van der Waals surface area contributed by atoms with Gasteiger partial charge in [0.25, 0.3) is 0 Å². The second-order valence-electron chi connectivity index (χ2n) is 32.0. The number of esters is 1. The van der Waals surface area contributed by atoms with Crippen molar-refractivity contribution in [1.82, 2.24) is 0 Å². The molecule has 13 atom stereocenters. The molecule has 1 heterocycles. The fourth-order valence-electron chi connectivity index (χ4n) is 11.0. The number of carbonyl (C=O) groups excluding carboxylic acids is 2. The van der Waals surface area contributed by atoms with Crippen LogP contribution in [0.3, 0.4) is 0 Å². The normalized spacial score (nSPS) is 27.5. The van der Waals surface area contributed by atoms with Crippen LogP contribution in [-0.2, 0) is 52.5 Å². The average Bonchev–Trinajstić information content (AvgIpc) is 1.61. The Kier molecular flexibility index (Phi) is 30.0. The number of Topliss-reactive ketones (excluding diaryl/α,β-unsaturated/α-hetero) is 1. The third-order valence-corrected chi connectivity index (χ3v) is 43.9. The first-order chi connectivity index (χ1) is 39.1. The monoisotopic (exact) mass is 1290 g/mol. The molecule has 16 heteroatoms. The van der Waals surface area contributed by atoms with Crippen LogP contribution >= 0.6 is 0 Å². The number of benzene rings is 1. The van der Waals surface area contributed by atoms with E-state index in [-0.39, 0.29) is 57.4 Å². The van der Waals surface area contributed by atoms with Crippen LogP contribution in [0.25, 0.3) is 0 Å². The Labute approximate surface area is 534 Å². The minimum Gasteiger partial charge on any atom is -0.497 e. The molecule has 11 nitrogen and oxygen atoms in total. The van der Waals surface area contributed by atoms with Crippen molar-refractivity contribution in [1.29, 1.82) is 0 Å². The molecule has 0 radical (unpaired) electrons. The molecule has 0 spiro atoms. The van der Waals surface area contributed by atoms with Crippen molar-refractivity contribution in [3.05, 3.63) is 65.3 Å². The Hall–Kier alpha value is -1.82. The Balaban J connectivity index is 3.59. The highest BCUT2D eigenvalue weighted by atomic mass is 28.4. The molecule has 1 unspecified atom stereocenters. The lowest BCUT2D eigenvalue weighted by atomic mass is 9.80. The summed E-state index contributed by atoms with van der Waals surface area (Å²) in [5.74, 6) is -1.81. The third-order valence-electron chi connectivity index (χ3n) is 21.4. The number of rotatable bonds is 22. The van der Waals surface area contributed by atoms with Crippen molar-refractivity contribution in [3.8, 4) is 5.75 Å². The van der Waals surface area contributed by atoms with Crippen LogP contribution in [0.2, 0.25) is 90.7 Å². The van der Waals surface area contributed by atoms with Gasteiger partial charge in [-0.15, -0.1) is 0 Å². The summed E-state index contributed by atoms with van der Waals surface area (Å²) in [7, 11) is -9.58. The van der Waals surface area contributed by atoms with E-state index >= 15 is 9.59 Å². The molecule has 0 fully saturated rings. The number of ether oxygens (including phenoxy) is 4. The molecule has 1 aromatic carbocycles. The molecule has 1 aromatic rings. The lowest BCUT2D eigenvalue weighted by Gasteiger charge is -2.48. The quantitative estimate of drug-likeness (QED) is 0.0627. The number of ketones is 1. The summed E-state index contributed by atoms with van der Waals surface area (Å²) in [5.41, 5.74) is 2.94. The van der Waals surface area contributed by atoms with Crippen molar-refractivity contribution in [2.45, 2.75) is 306 Å². The number of cyclic esters (lactones) is 1. The Morgan fingerprint density at radius 2 is 1.13 bits per heavy atom. The number of carbonyl (C=O) groups is 2. The first-order valence-electron chi connectivity index (χ1n) is 32.9. The molecule has 86 heavy (non-hydrogen) atoms. The average molecular weight is 1290 g/mol. The highest BCUT2D eigenvalue weighted by Crippen LogP contribution is 2.47. The van der Waals surface area contributed by atoms with Gasteiger partial charge in [-0.3, -0.25) is 4.79 Å². The zero-order valence-corrected chi connectivity index (χ0v) is 66.4. The van der Waals surface area contributed by atoms with Crippen molar-refractivity contribution in [2.24, 2.45) is 35.5 Å². The first-order valence-corrected chi connectivity index (χ1v) is 47.1. The molecule has 0 N–H and O–H groups in total. The molecule has 0 saturated heterocycles. The molecule has 0 bridgehead atoms. The van der Waals surface area contributed by atoms with Gasteiger partial charge in [0.15, 0.2) is 47.7 Å². The summed E-state index contributed by atoms with van der Waals surface area (Å²) < 4.78 is 65.6. The molecule has 498 valence electrons. The molecular weight excluding hydrogens is 1160 g/mol. The summed E-state index contributed by atoms with van der Waals surface area (Å²) in [5, 5.41) is -0.788. The molecule has 1 aliphatic rings. The summed E-state index contributed by atoms with van der Waals surface area (Å²) in [6.45, 7) is 69.2. The fourth-order valence-corrected chi connectivity index (χ4v) is 19.3. The maximum absolute atomic E-state index is 16.3. The second kappa shape index (κ2) is 32.2. The van der Waals surface area contributed by atoms with Gasteiger partial charge in [0, 0.05) is 43.1 Å². The van der Waals surface area contributed by atoms with Gasteiger partial charge in [0.1, 0.15) is 11.5 Å². The number of allylic oxidation sites excluding steroid dienone is 4. The summed E-state index contributed by atoms with van der Waals surface area (Å²) in [4.78, 5) is 31.9. The van der Waals surface area contributed by atoms with Crippen LogP contribution in [0.1, 0.15) is 171 Å². The zero-order chi connectivity index (χ0) is 66.7. The summed E-state index contributed by atoms with van der Waals surface area (Å²) in [6, 6.07) is 10.7. The van der Waals surface area contributed by atoms with E-state index in [1.807, 2.05) is 38.1 Å². The van der Waals surface area contributed by atoms with Crippen LogP contribution in [0, 0.1) is 35.5 Å². The summed E-state index contributed by atoms with van der Waals surface area (Å²) in [6.07, 6.45) is 4.14. The first kappa shape index (κ1) is 80.3. The van der Waals surface area contributed by atoms with Crippen LogP contribution in [0.4, 0.5) is 0 Å². The highest BCUT2D eigenvalue weighted by molar-refractivity contribution is 6.75. The Morgan fingerprint density at radius 3 is 1.57 bits per heavy atom. The van der Waals surface area contributed by atoms with Gasteiger partial charge in [-0.25, -0.2) is 4.79 Å². The smallest absolute Gasteiger partial charge is 0.336 e. The topological polar surface area (TPSA) is 117 Å². The second-order valence-corrected chi connectivity index (χ2v) is 55.7. The van der Waals surface area contributed by atoms with Crippen molar-refractivity contribution in [2.75, 3.05) is 20.8 Å². The number of methoxy groups -OCH3 is 2. The minimum atomic E-state index is -2.77. The lowest BCUT2D eigenvalue weighted by molar-refractivity contribution is -0.171. The molecule has 2 rings (SSSR count). The van der Waals surface area contributed by atoms with E-state index in [1.165, 1.54) is 0 Å². The lowest BCUT2D eigenvalue weighted by Crippen LogP contribution is -2.57. The molecule has 0 aromatic heterocycles. The zero-order valence-electron chi connectivity index (χ0n) is 61.4. The fraction of sp³-hybridized carbons (Fsp3) is 0.800. The van der Waals surface area contributed by atoms with E-state index in [2.05, 4.69) is 222 Å². The minimum absolute atomic E-state index is 0.0688. The third kappa shape index (κ3) is 21.4. The van der Waals surface area contributed by atoms with Gasteiger partial charge in [0.05, 0.1) is 56.9 Å². The number of hydrogen-bond donors (Lipinski definition) is 0. The van der Waals surface area contributed by atoms with Crippen molar-refractivity contribution in [3.63, 3.8) is 0 Å². The molecule has 0 saturated carbocycles. The van der Waals surface area contributed by atoms with Crippen LogP contribution < -0.4 is 4.74 Å². The molecule has 0 aliphatic carbocycles. The maximum atomic E-state index is 16.3. The molecule has 1 aliphatic heterocycles. The highest BCUT2D eigenvalue weighted by Gasteiger charge is 2.53. The predicted octanol–water partition coefficient (Wildman–Crippen LogP) is 19.3. The summed E-state index contributed by atoms with van der Waals surface area (Å²) >= 11 is 0. The van der Waals surface area contributed by atoms with Crippen LogP contribution in [-0.4, -0.2) is 117 Å². The largest absolute Gasteiger partial charge is 0.497 e. The van der Waals surface area contributed by atoms with E-state index in [9.17, 15) is 0 Å². The van der Waals surface area contributed by atoms with Gasteiger partial charge in [-0.2, -0.15) is 0 Å². The van der Waals surface area contributed by atoms with E-state index < -0.39 is 114 Å². The maximum Gasteiger partial charge on any atom is 0.336 e. The number of hydrogen-bond acceptors (Lipinski definition) is 11. The molecule has 0 amide bonds. The van der Waals surface area contributed by atoms with Crippen molar-refractivity contribution >= 4 is 53.3 Å². The Bertz CT molecular complexity index is 2340. The van der Waals surface area contributed by atoms with Crippen LogP contribution in [0.5, 0.6) is 5.75 Å². The molecular formula is C70H132O11Si5. The van der Waals surface area contributed by atoms with E-state index in [1.54, 1.807) is 14.2 Å². The van der Waals surface area contributed by atoms with E-state index in [0.29, 0.717) is 0 Å². The van der Waals surface area contributed by atoms with E-state index in [0.717, 1.165) is 40.6 Å². The standard InChI is InChI=1S/C70H132O11Si5/c1-34-38-48(5)43-50(7)61(79-84(30,31)69(18,19)20)57-47-76-66(72)65(80-85(32,33)70(21,22)23)64(74-25)54(11)62(81-86(35-2,36-3)37-4)53(10)60(78-83(28,29)68(15,16)17)51(8)44-49(6)58(71)45-59(77-82(26,27)67(12,13)14)52(9)63(57)75-46-55-39-41-56(73-24)42-40-55/h34,38-44,48-49,52-54,57,59-65H,35-37,45-47H2,1-33H3/b38-34-,50-43+,51-44+/t48-,49-,52-,53+,54+,57+,59-,60-,61-,62?,63-,64+,65+/m0/s1. The Morgan fingerprint density at radius 1 is 0.651 bits per heavy atom. The van der Waals surface area contributed by atoms with Gasteiger partial charge in [0.2, 0.25) is 0 Å². The van der Waals surface area contributed by atoms with Gasteiger partial charge in [-0.1, -0.05) is 175 Å². The predicted molar refractivity (Wildman–Crippen MR) is 375 cm³/mol. The van der Waals surface area contributed by atoms with Gasteiger partial charge < -0.3 is 41.1 Å². The van der Waals surface area contributed by atoms with Gasteiger partial charge >= 0.3 is 5.97 Å². The SMILES string of the molecule is C/C=C\[C@H](C)/C=C(\C)[C@H](O[Si](C)(C)C(C)(C)C)[C@H]1COC(=O)[C@H](O[Si](C)(C)C(C)(C)C)[C@H](OC)[C@H](C)C(O[Si](CC)(CC)CC)[C@H](C)[C@@H](O[Si](C)(C)C(C)(C)C)/C(C)=C/[C@H](C)C(=O)C[C@H](O[Si](C)(C)C(C)(C)C)[C@H](C)[C@@H]1OCc1ccc(OC)cc1. The van der Waals surface area contributed by atoms with Crippen LogP contribution in [0.15, 0.2) is 59.7 Å². The van der Waals surface area contributed by atoms with E-state index in [4.69, 9.17) is 41.1 Å².